The van der Waals surface area contributed by atoms with Crippen LogP contribution >= 0.6 is 0 Å². The van der Waals surface area contributed by atoms with Crippen molar-refractivity contribution in [1.82, 2.24) is 34.9 Å². The van der Waals surface area contributed by atoms with E-state index in [0.29, 0.717) is 13.1 Å². The van der Waals surface area contributed by atoms with Crippen LogP contribution in [-0.2, 0) is 11.3 Å². The summed E-state index contributed by atoms with van der Waals surface area (Å²) in [7, 11) is 0. The van der Waals surface area contributed by atoms with Crippen LogP contribution in [0.4, 0.5) is 0 Å². The first-order valence-corrected chi connectivity index (χ1v) is 9.31. The van der Waals surface area contributed by atoms with Gasteiger partial charge in [-0.05, 0) is 18.6 Å². The average Bonchev–Trinajstić information content (AvgIpc) is 3.48. The number of carbonyl (C=O) groups excluding carboxylic acids is 1. The average molecular weight is 373 g/mol. The van der Waals surface area contributed by atoms with Crippen molar-refractivity contribution in [3.8, 4) is 11.3 Å². The number of hydrogen-bond donors (Lipinski definition) is 0. The summed E-state index contributed by atoms with van der Waals surface area (Å²) in [5.41, 5.74) is 3.55. The standard InChI is InChI=1S/C20H19N7O/c28-20(14-27-19-9-5-4-8-17(19)21-24-27)25-11-10-16(12-25)26-13-18(22-23-26)15-6-2-1-3-7-15/h1-9,13,16H,10-12,14H2. The van der Waals surface area contributed by atoms with Gasteiger partial charge in [0.15, 0.2) is 0 Å². The van der Waals surface area contributed by atoms with E-state index in [1.54, 1.807) is 4.68 Å². The maximum atomic E-state index is 12.8. The molecule has 8 nitrogen and oxygen atoms in total. The Kier molecular flexibility index (Phi) is 4.08. The topological polar surface area (TPSA) is 81.7 Å². The molecule has 0 aliphatic carbocycles. The SMILES string of the molecule is O=C(Cn1nnc2ccccc21)N1CCC(n2cc(-c3ccccc3)nn2)C1. The van der Waals surface area contributed by atoms with Crippen molar-refractivity contribution in [3.63, 3.8) is 0 Å². The molecule has 0 N–H and O–H groups in total. The largest absolute Gasteiger partial charge is 0.339 e. The molecule has 0 saturated carbocycles. The molecule has 0 radical (unpaired) electrons. The van der Waals surface area contributed by atoms with Gasteiger partial charge in [-0.2, -0.15) is 0 Å². The maximum absolute atomic E-state index is 12.8. The second-order valence-electron chi connectivity index (χ2n) is 6.97. The van der Waals surface area contributed by atoms with Crippen LogP contribution in [0.5, 0.6) is 0 Å². The molecular weight excluding hydrogens is 354 g/mol. The molecule has 1 unspecified atom stereocenters. The minimum Gasteiger partial charge on any atom is -0.339 e. The van der Waals surface area contributed by atoms with Crippen LogP contribution in [0.1, 0.15) is 12.5 Å². The number of rotatable bonds is 4. The maximum Gasteiger partial charge on any atom is 0.244 e. The van der Waals surface area contributed by atoms with Crippen molar-refractivity contribution in [1.29, 1.82) is 0 Å². The monoisotopic (exact) mass is 373 g/mol. The first kappa shape index (κ1) is 16.6. The summed E-state index contributed by atoms with van der Waals surface area (Å²) in [5.74, 6) is 0.0431. The summed E-state index contributed by atoms with van der Waals surface area (Å²) >= 11 is 0. The van der Waals surface area contributed by atoms with E-state index in [-0.39, 0.29) is 18.5 Å². The Labute approximate surface area is 161 Å². The lowest BCUT2D eigenvalue weighted by molar-refractivity contribution is -0.131. The van der Waals surface area contributed by atoms with Gasteiger partial charge in [0.25, 0.3) is 0 Å². The molecule has 4 aromatic rings. The van der Waals surface area contributed by atoms with Crippen molar-refractivity contribution in [3.05, 3.63) is 60.8 Å². The molecule has 0 spiro atoms. The quantitative estimate of drug-likeness (QED) is 0.548. The molecule has 0 bridgehead atoms. The lowest BCUT2D eigenvalue weighted by atomic mass is 10.2. The number of hydrogen-bond acceptors (Lipinski definition) is 5. The van der Waals surface area contributed by atoms with E-state index in [9.17, 15) is 4.79 Å². The summed E-state index contributed by atoms with van der Waals surface area (Å²) in [6.07, 6.45) is 2.82. The molecule has 28 heavy (non-hydrogen) atoms. The number of benzene rings is 2. The summed E-state index contributed by atoms with van der Waals surface area (Å²) in [4.78, 5) is 14.6. The molecule has 8 heteroatoms. The molecule has 140 valence electrons. The highest BCUT2D eigenvalue weighted by molar-refractivity contribution is 5.80. The normalized spacial score (nSPS) is 16.7. The third-order valence-corrected chi connectivity index (χ3v) is 5.18. The molecule has 1 aliphatic rings. The van der Waals surface area contributed by atoms with Gasteiger partial charge in [0.2, 0.25) is 5.91 Å². The number of fused-ring (bicyclic) bond motifs is 1. The molecule has 5 rings (SSSR count). The second kappa shape index (κ2) is 6.88. The second-order valence-corrected chi connectivity index (χ2v) is 6.97. The van der Waals surface area contributed by atoms with Crippen LogP contribution in [0.2, 0.25) is 0 Å². The van der Waals surface area contributed by atoms with E-state index in [0.717, 1.165) is 28.7 Å². The summed E-state index contributed by atoms with van der Waals surface area (Å²) < 4.78 is 3.54. The van der Waals surface area contributed by atoms with Gasteiger partial charge < -0.3 is 4.90 Å². The summed E-state index contributed by atoms with van der Waals surface area (Å²) in [6, 6.07) is 17.8. The van der Waals surface area contributed by atoms with Gasteiger partial charge in [0.05, 0.1) is 17.8 Å². The third-order valence-electron chi connectivity index (χ3n) is 5.18. The van der Waals surface area contributed by atoms with Crippen molar-refractivity contribution >= 4 is 16.9 Å². The fraction of sp³-hybridized carbons (Fsp3) is 0.250. The number of carbonyl (C=O) groups is 1. The highest BCUT2D eigenvalue weighted by atomic mass is 16.2. The van der Waals surface area contributed by atoms with Crippen LogP contribution in [0.25, 0.3) is 22.3 Å². The smallest absolute Gasteiger partial charge is 0.244 e. The van der Waals surface area contributed by atoms with Gasteiger partial charge in [-0.25, -0.2) is 9.36 Å². The van der Waals surface area contributed by atoms with E-state index in [4.69, 9.17) is 0 Å². The summed E-state index contributed by atoms with van der Waals surface area (Å²) in [5, 5.41) is 16.8. The van der Waals surface area contributed by atoms with E-state index >= 15 is 0 Å². The molecule has 1 aliphatic heterocycles. The molecule has 2 aromatic heterocycles. The van der Waals surface area contributed by atoms with Gasteiger partial charge in [-0.15, -0.1) is 10.2 Å². The van der Waals surface area contributed by atoms with E-state index in [1.165, 1.54) is 0 Å². The van der Waals surface area contributed by atoms with E-state index < -0.39 is 0 Å². The molecule has 1 atom stereocenters. The van der Waals surface area contributed by atoms with Crippen LogP contribution in [0, 0.1) is 0 Å². The molecule has 1 saturated heterocycles. The van der Waals surface area contributed by atoms with Gasteiger partial charge in [-0.1, -0.05) is 52.9 Å². The Balaban J connectivity index is 1.27. The van der Waals surface area contributed by atoms with Gasteiger partial charge >= 0.3 is 0 Å². The minimum atomic E-state index is 0.0431. The first-order valence-electron chi connectivity index (χ1n) is 9.31. The van der Waals surface area contributed by atoms with Crippen molar-refractivity contribution in [2.75, 3.05) is 13.1 Å². The van der Waals surface area contributed by atoms with E-state index in [2.05, 4.69) is 20.6 Å². The Bertz CT molecular complexity index is 1120. The number of amides is 1. The van der Waals surface area contributed by atoms with Crippen molar-refractivity contribution < 1.29 is 4.79 Å². The molecule has 3 heterocycles. The number of likely N-dealkylation sites (tertiary alicyclic amines) is 1. The predicted octanol–water partition coefficient (Wildman–Crippen LogP) is 2.16. The number of aromatic nitrogens is 6. The zero-order chi connectivity index (χ0) is 18.9. The number of para-hydroxylation sites is 1. The first-order chi connectivity index (χ1) is 13.8. The van der Waals surface area contributed by atoms with Gasteiger partial charge in [-0.3, -0.25) is 4.79 Å². The fourth-order valence-electron chi connectivity index (χ4n) is 3.64. The zero-order valence-corrected chi connectivity index (χ0v) is 15.2. The Morgan fingerprint density at radius 3 is 2.71 bits per heavy atom. The Morgan fingerprint density at radius 1 is 1.00 bits per heavy atom. The molecule has 1 fully saturated rings. The van der Waals surface area contributed by atoms with Crippen molar-refractivity contribution in [2.24, 2.45) is 0 Å². The zero-order valence-electron chi connectivity index (χ0n) is 15.2. The predicted molar refractivity (Wildman–Crippen MR) is 103 cm³/mol. The summed E-state index contributed by atoms with van der Waals surface area (Å²) in [6.45, 7) is 1.53. The third kappa shape index (κ3) is 3.02. The minimum absolute atomic E-state index is 0.0431. The Hall–Kier alpha value is -3.55. The van der Waals surface area contributed by atoms with Gasteiger partial charge in [0, 0.05) is 18.7 Å². The highest BCUT2D eigenvalue weighted by Gasteiger charge is 2.28. The lowest BCUT2D eigenvalue weighted by Gasteiger charge is -2.16. The van der Waals surface area contributed by atoms with Crippen molar-refractivity contribution in [2.45, 2.75) is 19.0 Å². The lowest BCUT2D eigenvalue weighted by Crippen LogP contribution is -2.32. The number of nitrogens with zero attached hydrogens (tertiary/aromatic N) is 7. The van der Waals surface area contributed by atoms with E-state index in [1.807, 2.05) is 70.4 Å². The van der Waals surface area contributed by atoms with Crippen LogP contribution < -0.4 is 0 Å². The molecular formula is C20H19N7O. The molecule has 1 amide bonds. The van der Waals surface area contributed by atoms with Crippen LogP contribution in [0.15, 0.2) is 60.8 Å². The Morgan fingerprint density at radius 2 is 1.82 bits per heavy atom. The van der Waals surface area contributed by atoms with Crippen LogP contribution in [-0.4, -0.2) is 53.9 Å². The van der Waals surface area contributed by atoms with Crippen LogP contribution in [0.3, 0.4) is 0 Å². The fourth-order valence-corrected chi connectivity index (χ4v) is 3.64. The molecule has 2 aromatic carbocycles. The van der Waals surface area contributed by atoms with Gasteiger partial charge in [0.1, 0.15) is 17.8 Å². The highest BCUT2D eigenvalue weighted by Crippen LogP contribution is 2.24.